The average molecular weight is 382 g/mol. The summed E-state index contributed by atoms with van der Waals surface area (Å²) in [6.45, 7) is 0.931. The Morgan fingerprint density at radius 3 is 2.43 bits per heavy atom. The lowest BCUT2D eigenvalue weighted by Crippen LogP contribution is -2.30. The van der Waals surface area contributed by atoms with Crippen molar-refractivity contribution in [2.45, 2.75) is 13.0 Å². The quantitative estimate of drug-likeness (QED) is 0.731. The fraction of sp³-hybridized carbons (Fsp3) is 0.200. The first-order valence-corrected chi connectivity index (χ1v) is 8.25. The molecule has 1 atom stereocenters. The summed E-state index contributed by atoms with van der Waals surface area (Å²) in [7, 11) is 1.23. The monoisotopic (exact) mass is 382 g/mol. The summed E-state index contributed by atoms with van der Waals surface area (Å²) in [5.74, 6) is -1.56. The molecule has 0 radical (unpaired) electrons. The van der Waals surface area contributed by atoms with Crippen LogP contribution in [0.4, 0.5) is 5.69 Å². The number of carbonyl (C=O) groups is 3. The van der Waals surface area contributed by atoms with Crippen molar-refractivity contribution in [3.8, 4) is 11.8 Å². The second-order valence-corrected chi connectivity index (χ2v) is 5.59. The van der Waals surface area contributed by atoms with Gasteiger partial charge >= 0.3 is 11.9 Å². The number of nitrogens with one attached hydrogen (secondary N) is 1. The Bertz CT molecular complexity index is 902. The standard InChI is InChI=1S/C20H18N2O6/c1-13(28-15-9-7-14(11-21)8-10-15)19(24)27-12-18(23)22-17-6-4-3-5-16(17)20(25)26-2/h3-10,13H,12H2,1-2H3,(H,22,23)/t13-/m0/s1. The lowest BCUT2D eigenvalue weighted by molar-refractivity contribution is -0.153. The summed E-state index contributed by atoms with van der Waals surface area (Å²) in [6, 6.07) is 14.5. The number of esters is 2. The van der Waals surface area contributed by atoms with Crippen LogP contribution in [0.2, 0.25) is 0 Å². The number of anilines is 1. The van der Waals surface area contributed by atoms with Gasteiger partial charge in [0.15, 0.2) is 12.7 Å². The van der Waals surface area contributed by atoms with Gasteiger partial charge < -0.3 is 19.5 Å². The maximum Gasteiger partial charge on any atom is 0.347 e. The topological polar surface area (TPSA) is 115 Å². The predicted molar refractivity (Wildman–Crippen MR) is 98.6 cm³/mol. The number of rotatable bonds is 7. The van der Waals surface area contributed by atoms with Crippen LogP contribution in [-0.2, 0) is 19.1 Å². The summed E-state index contributed by atoms with van der Waals surface area (Å²) in [4.78, 5) is 35.7. The molecular formula is C20H18N2O6. The number of nitriles is 1. The highest BCUT2D eigenvalue weighted by Gasteiger charge is 2.19. The van der Waals surface area contributed by atoms with Gasteiger partial charge in [0.25, 0.3) is 5.91 Å². The summed E-state index contributed by atoms with van der Waals surface area (Å²) >= 11 is 0. The highest BCUT2D eigenvalue weighted by molar-refractivity contribution is 6.01. The summed E-state index contributed by atoms with van der Waals surface area (Å²) in [5, 5.41) is 11.3. The van der Waals surface area contributed by atoms with Crippen LogP contribution in [0.1, 0.15) is 22.8 Å². The van der Waals surface area contributed by atoms with Gasteiger partial charge in [0.2, 0.25) is 0 Å². The van der Waals surface area contributed by atoms with Gasteiger partial charge in [0, 0.05) is 0 Å². The molecule has 2 aromatic rings. The zero-order chi connectivity index (χ0) is 20.5. The van der Waals surface area contributed by atoms with Crippen LogP contribution in [0.15, 0.2) is 48.5 Å². The van der Waals surface area contributed by atoms with Gasteiger partial charge in [-0.05, 0) is 43.3 Å². The Hall–Kier alpha value is -3.86. The van der Waals surface area contributed by atoms with Crippen LogP contribution >= 0.6 is 0 Å². The smallest absolute Gasteiger partial charge is 0.347 e. The van der Waals surface area contributed by atoms with Gasteiger partial charge in [0.1, 0.15) is 5.75 Å². The third-order valence-electron chi connectivity index (χ3n) is 3.58. The molecule has 0 unspecified atom stereocenters. The number of ether oxygens (including phenoxy) is 3. The SMILES string of the molecule is COC(=O)c1ccccc1NC(=O)COC(=O)[C@H](C)Oc1ccc(C#N)cc1. The third kappa shape index (κ3) is 5.57. The van der Waals surface area contributed by atoms with Crippen molar-refractivity contribution in [3.05, 3.63) is 59.7 Å². The van der Waals surface area contributed by atoms with Gasteiger partial charge in [-0.25, -0.2) is 9.59 Å². The number of carbonyl (C=O) groups excluding carboxylic acids is 3. The third-order valence-corrected chi connectivity index (χ3v) is 3.58. The highest BCUT2D eigenvalue weighted by Crippen LogP contribution is 2.16. The van der Waals surface area contributed by atoms with Crippen molar-refractivity contribution in [2.75, 3.05) is 19.0 Å². The lowest BCUT2D eigenvalue weighted by Gasteiger charge is -2.14. The van der Waals surface area contributed by atoms with E-state index in [2.05, 4.69) is 10.1 Å². The van der Waals surface area contributed by atoms with Crippen LogP contribution in [0.3, 0.4) is 0 Å². The molecule has 8 nitrogen and oxygen atoms in total. The zero-order valence-electron chi connectivity index (χ0n) is 15.3. The molecule has 28 heavy (non-hydrogen) atoms. The first-order valence-electron chi connectivity index (χ1n) is 8.25. The molecule has 0 aromatic heterocycles. The van der Waals surface area contributed by atoms with Crippen molar-refractivity contribution in [1.82, 2.24) is 0 Å². The van der Waals surface area contributed by atoms with Crippen LogP contribution in [0, 0.1) is 11.3 Å². The highest BCUT2D eigenvalue weighted by atomic mass is 16.6. The molecule has 0 saturated heterocycles. The normalized spacial score (nSPS) is 10.9. The Kier molecular flexibility index (Phi) is 7.11. The van der Waals surface area contributed by atoms with E-state index in [0.717, 1.165) is 0 Å². The molecular weight excluding hydrogens is 364 g/mol. The van der Waals surface area contributed by atoms with Crippen LogP contribution in [0.25, 0.3) is 0 Å². The number of benzene rings is 2. The lowest BCUT2D eigenvalue weighted by atomic mass is 10.2. The van der Waals surface area contributed by atoms with Crippen LogP contribution in [0.5, 0.6) is 5.75 Å². The van der Waals surface area contributed by atoms with Gasteiger partial charge in [0.05, 0.1) is 30.0 Å². The van der Waals surface area contributed by atoms with E-state index in [1.807, 2.05) is 6.07 Å². The molecule has 0 saturated carbocycles. The second kappa shape index (κ2) is 9.73. The van der Waals surface area contributed by atoms with E-state index in [1.165, 1.54) is 26.2 Å². The minimum Gasteiger partial charge on any atom is -0.479 e. The number of hydrogen-bond acceptors (Lipinski definition) is 7. The Labute approximate surface area is 161 Å². The Morgan fingerprint density at radius 1 is 1.11 bits per heavy atom. The van der Waals surface area contributed by atoms with Gasteiger partial charge in [-0.2, -0.15) is 5.26 Å². The van der Waals surface area contributed by atoms with Gasteiger partial charge in [-0.1, -0.05) is 12.1 Å². The molecule has 144 valence electrons. The molecule has 2 aromatic carbocycles. The van der Waals surface area contributed by atoms with E-state index in [0.29, 0.717) is 11.3 Å². The summed E-state index contributed by atoms with van der Waals surface area (Å²) < 4.78 is 15.0. The van der Waals surface area contributed by atoms with Crippen LogP contribution in [-0.4, -0.2) is 37.7 Å². The van der Waals surface area contributed by atoms with Crippen molar-refractivity contribution in [2.24, 2.45) is 0 Å². The molecule has 2 rings (SSSR count). The van der Waals surface area contributed by atoms with E-state index in [1.54, 1.807) is 36.4 Å². The second-order valence-electron chi connectivity index (χ2n) is 5.59. The fourth-order valence-electron chi connectivity index (χ4n) is 2.18. The van der Waals surface area contributed by atoms with E-state index in [9.17, 15) is 14.4 Å². The maximum atomic E-state index is 12.0. The Morgan fingerprint density at radius 2 is 1.79 bits per heavy atom. The van der Waals surface area contributed by atoms with E-state index in [4.69, 9.17) is 14.7 Å². The van der Waals surface area contributed by atoms with Crippen LogP contribution < -0.4 is 10.1 Å². The molecule has 1 amide bonds. The molecule has 0 bridgehead atoms. The molecule has 0 heterocycles. The Balaban J connectivity index is 1.87. The van der Waals surface area contributed by atoms with Gasteiger partial charge in [-0.3, -0.25) is 4.79 Å². The summed E-state index contributed by atoms with van der Waals surface area (Å²) in [6.07, 6.45) is -0.955. The number of amides is 1. The molecule has 0 aliphatic carbocycles. The number of para-hydroxylation sites is 1. The van der Waals surface area contributed by atoms with Crippen molar-refractivity contribution in [3.63, 3.8) is 0 Å². The molecule has 0 spiro atoms. The minimum absolute atomic E-state index is 0.183. The average Bonchev–Trinajstić information content (AvgIpc) is 2.72. The van der Waals surface area contributed by atoms with E-state index >= 15 is 0 Å². The molecule has 0 aliphatic rings. The van der Waals surface area contributed by atoms with E-state index in [-0.39, 0.29) is 11.3 Å². The number of nitrogens with zero attached hydrogens (tertiary/aromatic N) is 1. The first-order chi connectivity index (χ1) is 13.4. The van der Waals surface area contributed by atoms with Crippen molar-refractivity contribution < 1.29 is 28.6 Å². The van der Waals surface area contributed by atoms with E-state index < -0.39 is 30.6 Å². The number of hydrogen-bond donors (Lipinski definition) is 1. The summed E-state index contributed by atoms with van der Waals surface area (Å²) in [5.41, 5.74) is 0.894. The zero-order valence-corrected chi connectivity index (χ0v) is 15.3. The first kappa shape index (κ1) is 20.5. The molecule has 1 N–H and O–H groups in total. The van der Waals surface area contributed by atoms with Crippen molar-refractivity contribution >= 4 is 23.5 Å². The molecule has 8 heteroatoms. The van der Waals surface area contributed by atoms with Gasteiger partial charge in [-0.15, -0.1) is 0 Å². The minimum atomic E-state index is -0.955. The number of methoxy groups -OCH3 is 1. The maximum absolute atomic E-state index is 12.0. The molecule has 0 fully saturated rings. The van der Waals surface area contributed by atoms with Crippen molar-refractivity contribution in [1.29, 1.82) is 5.26 Å². The molecule has 0 aliphatic heterocycles. The largest absolute Gasteiger partial charge is 0.479 e. The predicted octanol–water partition coefficient (Wildman–Crippen LogP) is 2.29. The fourth-order valence-corrected chi connectivity index (χ4v) is 2.18.